The Morgan fingerprint density at radius 1 is 1.56 bits per heavy atom. The van der Waals surface area contributed by atoms with Crippen molar-refractivity contribution in [3.05, 3.63) is 21.9 Å². The average molecular weight is 267 g/mol. The van der Waals surface area contributed by atoms with Crippen LogP contribution in [0.5, 0.6) is 0 Å². The van der Waals surface area contributed by atoms with Crippen LogP contribution < -0.4 is 11.1 Å². The lowest BCUT2D eigenvalue weighted by molar-refractivity contribution is -0.119. The summed E-state index contributed by atoms with van der Waals surface area (Å²) in [6, 6.07) is 1.96. The maximum absolute atomic E-state index is 10.9. The standard InChI is InChI=1S/C13H21N3OS/c1-10(13(14)17)15-7-12-6-11(9-18-12)8-16-4-2-3-5-16/h6,9-10,15H,2-5,7-8H2,1H3,(H2,14,17)/t10-/m0/s1. The van der Waals surface area contributed by atoms with Crippen LogP contribution in [-0.4, -0.2) is 29.9 Å². The molecule has 0 radical (unpaired) electrons. The molecule has 2 heterocycles. The van der Waals surface area contributed by atoms with E-state index in [4.69, 9.17) is 5.73 Å². The SMILES string of the molecule is C[C@H](NCc1cc(CN2CCCC2)cs1)C(N)=O. The van der Waals surface area contributed by atoms with Crippen molar-refractivity contribution in [3.63, 3.8) is 0 Å². The summed E-state index contributed by atoms with van der Waals surface area (Å²) in [6.45, 7) is 6.02. The first-order valence-electron chi connectivity index (χ1n) is 6.46. The minimum absolute atomic E-state index is 0.269. The van der Waals surface area contributed by atoms with Crippen molar-refractivity contribution in [2.75, 3.05) is 13.1 Å². The highest BCUT2D eigenvalue weighted by Gasteiger charge is 2.13. The Morgan fingerprint density at radius 3 is 2.94 bits per heavy atom. The van der Waals surface area contributed by atoms with Gasteiger partial charge in [-0.1, -0.05) is 0 Å². The van der Waals surface area contributed by atoms with Crippen molar-refractivity contribution in [1.29, 1.82) is 0 Å². The Kier molecular flexibility index (Phi) is 4.74. The van der Waals surface area contributed by atoms with E-state index in [9.17, 15) is 4.79 Å². The van der Waals surface area contributed by atoms with Crippen LogP contribution in [0.2, 0.25) is 0 Å². The van der Waals surface area contributed by atoms with Gasteiger partial charge >= 0.3 is 0 Å². The van der Waals surface area contributed by atoms with Crippen LogP contribution in [0.4, 0.5) is 0 Å². The van der Waals surface area contributed by atoms with E-state index >= 15 is 0 Å². The molecule has 2 rings (SSSR count). The number of nitrogens with one attached hydrogen (secondary N) is 1. The van der Waals surface area contributed by atoms with Crippen molar-refractivity contribution in [1.82, 2.24) is 10.2 Å². The Hall–Kier alpha value is -0.910. The second-order valence-corrected chi connectivity index (χ2v) is 5.91. The quantitative estimate of drug-likeness (QED) is 0.817. The molecule has 0 bridgehead atoms. The zero-order valence-electron chi connectivity index (χ0n) is 10.8. The number of hydrogen-bond donors (Lipinski definition) is 2. The summed E-state index contributed by atoms with van der Waals surface area (Å²) >= 11 is 1.75. The monoisotopic (exact) mass is 267 g/mol. The zero-order valence-corrected chi connectivity index (χ0v) is 11.6. The van der Waals surface area contributed by atoms with Crippen LogP contribution in [0.3, 0.4) is 0 Å². The summed E-state index contributed by atoms with van der Waals surface area (Å²) < 4.78 is 0. The van der Waals surface area contributed by atoms with Gasteiger partial charge in [-0.15, -0.1) is 11.3 Å². The molecule has 1 saturated heterocycles. The third-order valence-corrected chi connectivity index (χ3v) is 4.31. The van der Waals surface area contributed by atoms with E-state index < -0.39 is 0 Å². The minimum Gasteiger partial charge on any atom is -0.368 e. The van der Waals surface area contributed by atoms with Crippen molar-refractivity contribution in [3.8, 4) is 0 Å². The average Bonchev–Trinajstić information content (AvgIpc) is 2.98. The van der Waals surface area contributed by atoms with Crippen molar-refractivity contribution >= 4 is 17.2 Å². The van der Waals surface area contributed by atoms with Gasteiger partial charge in [0.05, 0.1) is 6.04 Å². The summed E-state index contributed by atoms with van der Waals surface area (Å²) in [6.07, 6.45) is 2.66. The number of rotatable bonds is 6. The molecule has 1 aromatic rings. The molecule has 1 amide bonds. The summed E-state index contributed by atoms with van der Waals surface area (Å²) in [5.41, 5.74) is 6.59. The van der Waals surface area contributed by atoms with Gasteiger partial charge in [0, 0.05) is 18.0 Å². The largest absolute Gasteiger partial charge is 0.368 e. The topological polar surface area (TPSA) is 58.4 Å². The predicted octanol–water partition coefficient (Wildman–Crippen LogP) is 1.31. The van der Waals surface area contributed by atoms with E-state index in [1.54, 1.807) is 18.3 Å². The number of carbonyl (C=O) groups is 1. The zero-order chi connectivity index (χ0) is 13.0. The van der Waals surface area contributed by atoms with Gasteiger partial charge in [-0.05, 0) is 49.9 Å². The molecule has 1 fully saturated rings. The number of thiophene rings is 1. The highest BCUT2D eigenvalue weighted by molar-refractivity contribution is 7.10. The first kappa shape index (κ1) is 13.5. The minimum atomic E-state index is -0.302. The molecule has 0 aromatic carbocycles. The highest BCUT2D eigenvalue weighted by atomic mass is 32.1. The van der Waals surface area contributed by atoms with Gasteiger partial charge in [0.2, 0.25) is 5.91 Å². The second kappa shape index (κ2) is 6.31. The van der Waals surface area contributed by atoms with Crippen LogP contribution in [0.1, 0.15) is 30.2 Å². The van der Waals surface area contributed by atoms with E-state index in [2.05, 4.69) is 21.7 Å². The molecule has 18 heavy (non-hydrogen) atoms. The van der Waals surface area contributed by atoms with Crippen LogP contribution in [-0.2, 0) is 17.9 Å². The maximum Gasteiger partial charge on any atom is 0.234 e. The first-order chi connectivity index (χ1) is 8.65. The maximum atomic E-state index is 10.9. The number of nitrogens with two attached hydrogens (primary N) is 1. The lowest BCUT2D eigenvalue weighted by atomic mass is 10.2. The summed E-state index contributed by atoms with van der Waals surface area (Å²) in [5, 5.41) is 5.34. The Balaban J connectivity index is 1.80. The van der Waals surface area contributed by atoms with Gasteiger partial charge in [-0.25, -0.2) is 0 Å². The fourth-order valence-corrected chi connectivity index (χ4v) is 2.99. The smallest absolute Gasteiger partial charge is 0.234 e. The van der Waals surface area contributed by atoms with Crippen LogP contribution in [0.15, 0.2) is 11.4 Å². The molecule has 100 valence electrons. The van der Waals surface area contributed by atoms with Crippen LogP contribution in [0.25, 0.3) is 0 Å². The molecular formula is C13H21N3OS. The molecule has 0 unspecified atom stereocenters. The molecule has 0 spiro atoms. The van der Waals surface area contributed by atoms with E-state index in [1.807, 2.05) is 0 Å². The molecule has 0 saturated carbocycles. The fraction of sp³-hybridized carbons (Fsp3) is 0.615. The third kappa shape index (κ3) is 3.80. The van der Waals surface area contributed by atoms with Crippen molar-refractivity contribution < 1.29 is 4.79 Å². The van der Waals surface area contributed by atoms with Gasteiger partial charge in [0.1, 0.15) is 0 Å². The number of primary amides is 1. The molecule has 4 nitrogen and oxygen atoms in total. The van der Waals surface area contributed by atoms with E-state index in [0.717, 1.165) is 13.1 Å². The molecule has 0 aliphatic carbocycles. The molecule has 5 heteroatoms. The third-order valence-electron chi connectivity index (χ3n) is 3.32. The second-order valence-electron chi connectivity index (χ2n) is 4.91. The number of nitrogens with zero attached hydrogens (tertiary/aromatic N) is 1. The molecule has 1 aliphatic heterocycles. The summed E-state index contributed by atoms with van der Waals surface area (Å²) in [5.74, 6) is -0.302. The summed E-state index contributed by atoms with van der Waals surface area (Å²) in [7, 11) is 0. The highest BCUT2D eigenvalue weighted by Crippen LogP contribution is 2.18. The van der Waals surface area contributed by atoms with Crippen molar-refractivity contribution in [2.24, 2.45) is 5.73 Å². The number of hydrogen-bond acceptors (Lipinski definition) is 4. The predicted molar refractivity (Wildman–Crippen MR) is 74.3 cm³/mol. The van der Waals surface area contributed by atoms with Gasteiger partial charge in [-0.2, -0.15) is 0 Å². The van der Waals surface area contributed by atoms with E-state index in [1.165, 1.54) is 36.4 Å². The van der Waals surface area contributed by atoms with Gasteiger partial charge < -0.3 is 11.1 Å². The fourth-order valence-electron chi connectivity index (χ4n) is 2.16. The molecule has 1 aromatic heterocycles. The first-order valence-corrected chi connectivity index (χ1v) is 7.34. The Bertz CT molecular complexity index is 399. The Morgan fingerprint density at radius 2 is 2.28 bits per heavy atom. The molecular weight excluding hydrogens is 246 g/mol. The number of carbonyl (C=O) groups excluding carboxylic acids is 1. The van der Waals surface area contributed by atoms with Crippen LogP contribution >= 0.6 is 11.3 Å². The van der Waals surface area contributed by atoms with Crippen molar-refractivity contribution in [2.45, 2.75) is 38.9 Å². The lowest BCUT2D eigenvalue weighted by Gasteiger charge is -2.12. The molecule has 3 N–H and O–H groups in total. The van der Waals surface area contributed by atoms with Gasteiger partial charge in [-0.3, -0.25) is 9.69 Å². The van der Waals surface area contributed by atoms with Crippen LogP contribution in [0, 0.1) is 0 Å². The molecule has 1 aliphatic rings. The van der Waals surface area contributed by atoms with Gasteiger partial charge in [0.25, 0.3) is 0 Å². The number of amides is 1. The van der Waals surface area contributed by atoms with Gasteiger partial charge in [0.15, 0.2) is 0 Å². The number of likely N-dealkylation sites (tertiary alicyclic amines) is 1. The normalized spacial score (nSPS) is 18.1. The van der Waals surface area contributed by atoms with E-state index in [-0.39, 0.29) is 11.9 Å². The molecule has 1 atom stereocenters. The Labute approximate surface area is 112 Å². The lowest BCUT2D eigenvalue weighted by Crippen LogP contribution is -2.38. The summed E-state index contributed by atoms with van der Waals surface area (Å²) in [4.78, 5) is 14.7. The van der Waals surface area contributed by atoms with E-state index in [0.29, 0.717) is 0 Å².